The maximum atomic E-state index is 12.4. The van der Waals surface area contributed by atoms with Gasteiger partial charge in [0.05, 0.1) is 17.3 Å². The lowest BCUT2D eigenvalue weighted by atomic mass is 10.2. The number of amides is 1. The van der Waals surface area contributed by atoms with Gasteiger partial charge in [0.1, 0.15) is 5.75 Å². The van der Waals surface area contributed by atoms with E-state index in [0.29, 0.717) is 21.9 Å². The summed E-state index contributed by atoms with van der Waals surface area (Å²) in [6, 6.07) is 10.8. The van der Waals surface area contributed by atoms with Crippen LogP contribution >= 0.6 is 11.3 Å². The number of thiazole rings is 1. The molecule has 0 unspecified atom stereocenters. The largest absolute Gasteiger partial charge is 0.497 e. The second kappa shape index (κ2) is 5.68. The Bertz CT molecular complexity index is 1020. The van der Waals surface area contributed by atoms with Crippen LogP contribution in [0.15, 0.2) is 41.4 Å². The van der Waals surface area contributed by atoms with Gasteiger partial charge >= 0.3 is 0 Å². The van der Waals surface area contributed by atoms with Gasteiger partial charge in [0.15, 0.2) is 16.3 Å². The average molecular weight is 342 g/mol. The van der Waals surface area contributed by atoms with Gasteiger partial charge in [-0.25, -0.2) is 0 Å². The molecular formula is C17H14N2O4S. The number of fused-ring (bicyclic) bond motifs is 2. The van der Waals surface area contributed by atoms with Crippen LogP contribution in [0.4, 0.5) is 0 Å². The number of rotatable bonds is 2. The third-order valence-electron chi connectivity index (χ3n) is 3.82. The molecule has 0 saturated carbocycles. The summed E-state index contributed by atoms with van der Waals surface area (Å²) >= 11 is 1.43. The van der Waals surface area contributed by atoms with Crippen molar-refractivity contribution in [2.45, 2.75) is 0 Å². The van der Waals surface area contributed by atoms with E-state index in [1.165, 1.54) is 11.3 Å². The number of benzene rings is 2. The molecule has 2 aromatic carbocycles. The number of carbonyl (C=O) groups excluding carboxylic acids is 1. The predicted molar refractivity (Wildman–Crippen MR) is 89.8 cm³/mol. The van der Waals surface area contributed by atoms with Gasteiger partial charge in [-0.2, -0.15) is 4.99 Å². The van der Waals surface area contributed by atoms with Crippen LogP contribution in [-0.2, 0) is 7.05 Å². The molecule has 0 aliphatic carbocycles. The first kappa shape index (κ1) is 14.8. The Morgan fingerprint density at radius 3 is 2.83 bits per heavy atom. The molecule has 1 aliphatic heterocycles. The molecule has 6 nitrogen and oxygen atoms in total. The molecule has 3 aromatic rings. The maximum absolute atomic E-state index is 12.4. The fraction of sp³-hybridized carbons (Fsp3) is 0.176. The van der Waals surface area contributed by atoms with Crippen LogP contribution in [0.2, 0.25) is 0 Å². The molecule has 0 bridgehead atoms. The van der Waals surface area contributed by atoms with Crippen LogP contribution in [0.25, 0.3) is 10.2 Å². The summed E-state index contributed by atoms with van der Waals surface area (Å²) in [7, 11) is 3.44. The van der Waals surface area contributed by atoms with Crippen molar-refractivity contribution in [1.82, 2.24) is 4.57 Å². The third kappa shape index (κ3) is 2.43. The van der Waals surface area contributed by atoms with Gasteiger partial charge in [0, 0.05) is 24.7 Å². The van der Waals surface area contributed by atoms with Crippen molar-refractivity contribution in [3.05, 3.63) is 46.8 Å². The topological polar surface area (TPSA) is 62.0 Å². The van der Waals surface area contributed by atoms with Crippen molar-refractivity contribution in [2.75, 3.05) is 13.9 Å². The fourth-order valence-corrected chi connectivity index (χ4v) is 3.56. The molecule has 4 rings (SSSR count). The highest BCUT2D eigenvalue weighted by Gasteiger charge is 2.17. The van der Waals surface area contributed by atoms with Crippen molar-refractivity contribution in [1.29, 1.82) is 0 Å². The fourth-order valence-electron chi connectivity index (χ4n) is 2.53. The number of hydrogen-bond acceptors (Lipinski definition) is 5. The highest BCUT2D eigenvalue weighted by Crippen LogP contribution is 2.36. The van der Waals surface area contributed by atoms with Crippen LogP contribution in [-0.4, -0.2) is 24.4 Å². The highest BCUT2D eigenvalue weighted by atomic mass is 32.1. The molecule has 7 heteroatoms. The minimum atomic E-state index is -0.309. The minimum absolute atomic E-state index is 0.238. The zero-order chi connectivity index (χ0) is 16.7. The maximum Gasteiger partial charge on any atom is 0.279 e. The number of ether oxygens (including phenoxy) is 3. The Balaban J connectivity index is 1.79. The third-order valence-corrected chi connectivity index (χ3v) is 4.91. The molecule has 1 aromatic heterocycles. The Hall–Kier alpha value is -2.80. The first-order valence-electron chi connectivity index (χ1n) is 7.28. The summed E-state index contributed by atoms with van der Waals surface area (Å²) in [5.74, 6) is 1.75. The molecule has 0 saturated heterocycles. The van der Waals surface area contributed by atoms with Crippen molar-refractivity contribution < 1.29 is 19.0 Å². The molecule has 0 spiro atoms. The Morgan fingerprint density at radius 1 is 1.25 bits per heavy atom. The first-order valence-corrected chi connectivity index (χ1v) is 8.09. The van der Waals surface area contributed by atoms with Crippen LogP contribution in [0.5, 0.6) is 17.2 Å². The molecule has 122 valence electrons. The standard InChI is InChI=1S/C17H14N2O4S/c1-19-12-7-13-14(23-9-22-13)8-15(12)24-17(19)18-16(20)10-4-3-5-11(6-10)21-2/h3-8H,9H2,1-2H3. The van der Waals surface area contributed by atoms with E-state index in [-0.39, 0.29) is 12.7 Å². The molecule has 0 fully saturated rings. The molecule has 1 amide bonds. The number of aryl methyl sites for hydroxylation is 1. The number of methoxy groups -OCH3 is 1. The Morgan fingerprint density at radius 2 is 2.04 bits per heavy atom. The van der Waals surface area contributed by atoms with Crippen molar-refractivity contribution in [3.8, 4) is 17.2 Å². The molecule has 0 atom stereocenters. The Labute approximate surface area is 141 Å². The summed E-state index contributed by atoms with van der Waals surface area (Å²) in [5.41, 5.74) is 1.43. The molecule has 24 heavy (non-hydrogen) atoms. The summed E-state index contributed by atoms with van der Waals surface area (Å²) in [6.07, 6.45) is 0. The molecular weight excluding hydrogens is 328 g/mol. The van der Waals surface area contributed by atoms with Crippen molar-refractivity contribution >= 4 is 27.5 Å². The minimum Gasteiger partial charge on any atom is -0.497 e. The predicted octanol–water partition coefficient (Wildman–Crippen LogP) is 2.72. The lowest BCUT2D eigenvalue weighted by Crippen LogP contribution is -2.13. The lowest BCUT2D eigenvalue weighted by Gasteiger charge is -2.00. The van der Waals surface area contributed by atoms with Crippen LogP contribution in [0, 0.1) is 0 Å². The van der Waals surface area contributed by atoms with E-state index in [2.05, 4.69) is 4.99 Å². The van der Waals surface area contributed by atoms with E-state index in [0.717, 1.165) is 16.0 Å². The molecule has 2 heterocycles. The van der Waals surface area contributed by atoms with E-state index in [9.17, 15) is 4.79 Å². The molecule has 1 aliphatic rings. The van der Waals surface area contributed by atoms with Crippen LogP contribution in [0.1, 0.15) is 10.4 Å². The average Bonchev–Trinajstić information content (AvgIpc) is 3.18. The van der Waals surface area contributed by atoms with Gasteiger partial charge in [0.2, 0.25) is 6.79 Å². The van der Waals surface area contributed by atoms with Gasteiger partial charge in [0.25, 0.3) is 5.91 Å². The highest BCUT2D eigenvalue weighted by molar-refractivity contribution is 7.16. The second-order valence-electron chi connectivity index (χ2n) is 5.27. The second-order valence-corrected chi connectivity index (χ2v) is 6.27. The van der Waals surface area contributed by atoms with E-state index < -0.39 is 0 Å². The van der Waals surface area contributed by atoms with Crippen LogP contribution < -0.4 is 19.0 Å². The quantitative estimate of drug-likeness (QED) is 0.718. The van der Waals surface area contributed by atoms with Gasteiger partial charge < -0.3 is 18.8 Å². The smallest absolute Gasteiger partial charge is 0.279 e. The zero-order valence-corrected chi connectivity index (χ0v) is 13.9. The molecule has 0 N–H and O–H groups in total. The van der Waals surface area contributed by atoms with E-state index in [1.807, 2.05) is 23.7 Å². The number of carbonyl (C=O) groups is 1. The van der Waals surface area contributed by atoms with Gasteiger partial charge in [-0.15, -0.1) is 0 Å². The Kier molecular flexibility index (Phi) is 3.50. The summed E-state index contributed by atoms with van der Waals surface area (Å²) in [4.78, 5) is 17.3. The zero-order valence-electron chi connectivity index (χ0n) is 13.1. The number of hydrogen-bond donors (Lipinski definition) is 0. The number of aromatic nitrogens is 1. The van der Waals surface area contributed by atoms with Crippen LogP contribution in [0.3, 0.4) is 0 Å². The number of nitrogens with zero attached hydrogens (tertiary/aromatic N) is 2. The SMILES string of the molecule is COc1cccc(C(=O)N=c2sc3cc4c(cc3n2C)OCO4)c1. The summed E-state index contributed by atoms with van der Waals surface area (Å²) in [6.45, 7) is 0.238. The van der Waals surface area contributed by atoms with E-state index >= 15 is 0 Å². The van der Waals surface area contributed by atoms with Crippen molar-refractivity contribution in [3.63, 3.8) is 0 Å². The first-order chi connectivity index (χ1) is 11.7. The van der Waals surface area contributed by atoms with Gasteiger partial charge in [-0.05, 0) is 18.2 Å². The normalized spacial score (nSPS) is 13.5. The van der Waals surface area contributed by atoms with E-state index in [4.69, 9.17) is 14.2 Å². The summed E-state index contributed by atoms with van der Waals surface area (Å²) in [5, 5.41) is 0. The lowest BCUT2D eigenvalue weighted by molar-refractivity contribution is 0.0997. The summed E-state index contributed by atoms with van der Waals surface area (Å²) < 4.78 is 18.8. The van der Waals surface area contributed by atoms with Crippen molar-refractivity contribution in [2.24, 2.45) is 12.0 Å². The van der Waals surface area contributed by atoms with Gasteiger partial charge in [-0.3, -0.25) is 4.79 Å². The monoisotopic (exact) mass is 342 g/mol. The molecule has 0 radical (unpaired) electrons. The van der Waals surface area contributed by atoms with Gasteiger partial charge in [-0.1, -0.05) is 17.4 Å². The van der Waals surface area contributed by atoms with E-state index in [1.54, 1.807) is 31.4 Å².